The summed E-state index contributed by atoms with van der Waals surface area (Å²) in [6, 6.07) is 16.9. The Balaban J connectivity index is 1.75. The molecule has 6 heteroatoms. The van der Waals surface area contributed by atoms with E-state index in [1.54, 1.807) is 19.2 Å². The third-order valence-corrected chi connectivity index (χ3v) is 5.70. The van der Waals surface area contributed by atoms with Gasteiger partial charge in [0.2, 0.25) is 5.88 Å². The van der Waals surface area contributed by atoms with Gasteiger partial charge in [-0.25, -0.2) is 0 Å². The van der Waals surface area contributed by atoms with Crippen LogP contribution in [-0.4, -0.2) is 12.9 Å². The molecule has 29 heavy (non-hydrogen) atoms. The van der Waals surface area contributed by atoms with Crippen LogP contribution < -0.4 is 10.5 Å². The summed E-state index contributed by atoms with van der Waals surface area (Å²) in [5.74, 6) is 0.699. The first-order valence-corrected chi connectivity index (χ1v) is 9.63. The van der Waals surface area contributed by atoms with Crippen LogP contribution in [0, 0.1) is 11.3 Å². The van der Waals surface area contributed by atoms with Crippen LogP contribution in [0.2, 0.25) is 5.02 Å². The largest absolute Gasteiger partial charge is 0.497 e. The standard InChI is InChI=1S/C23H19ClN2O3/c1-28-17-8-4-14(5-9-17)21-18(12-25)23(26)29-20-11-15(10-19(27)22(20)21)13-2-6-16(24)7-3-13/h2-9,15,21H,10-11,26H2,1H3/t15-,21-/m1/s1. The number of methoxy groups -OCH3 is 1. The topological polar surface area (TPSA) is 85.3 Å². The van der Waals surface area contributed by atoms with E-state index in [0.717, 1.165) is 11.1 Å². The number of allylic oxidation sites excluding steroid dienone is 3. The van der Waals surface area contributed by atoms with Crippen molar-refractivity contribution in [1.29, 1.82) is 5.26 Å². The second-order valence-electron chi connectivity index (χ2n) is 7.11. The van der Waals surface area contributed by atoms with E-state index in [1.165, 1.54) is 0 Å². The predicted octanol–water partition coefficient (Wildman–Crippen LogP) is 4.56. The summed E-state index contributed by atoms with van der Waals surface area (Å²) in [6.45, 7) is 0. The van der Waals surface area contributed by atoms with E-state index in [0.29, 0.717) is 34.9 Å². The molecule has 146 valence electrons. The molecular formula is C23H19ClN2O3. The Kier molecular flexibility index (Phi) is 5.04. The lowest BCUT2D eigenvalue weighted by Crippen LogP contribution is -2.29. The summed E-state index contributed by atoms with van der Waals surface area (Å²) in [4.78, 5) is 13.2. The van der Waals surface area contributed by atoms with Gasteiger partial charge in [0.15, 0.2) is 5.78 Å². The maximum atomic E-state index is 13.2. The van der Waals surface area contributed by atoms with Gasteiger partial charge in [-0.2, -0.15) is 5.26 Å². The molecule has 0 amide bonds. The molecule has 1 aliphatic carbocycles. The molecule has 2 aliphatic rings. The van der Waals surface area contributed by atoms with Gasteiger partial charge >= 0.3 is 0 Å². The zero-order valence-electron chi connectivity index (χ0n) is 15.8. The maximum Gasteiger partial charge on any atom is 0.205 e. The molecule has 4 rings (SSSR count). The number of ketones is 1. The van der Waals surface area contributed by atoms with Crippen molar-refractivity contribution < 1.29 is 14.3 Å². The lowest BCUT2D eigenvalue weighted by atomic mass is 9.73. The molecule has 2 N–H and O–H groups in total. The van der Waals surface area contributed by atoms with Crippen LogP contribution in [0.3, 0.4) is 0 Å². The van der Waals surface area contributed by atoms with Crippen LogP contribution in [0.25, 0.3) is 0 Å². The predicted molar refractivity (Wildman–Crippen MR) is 109 cm³/mol. The summed E-state index contributed by atoms with van der Waals surface area (Å²) in [5.41, 5.74) is 8.68. The van der Waals surface area contributed by atoms with Crippen molar-refractivity contribution in [2.45, 2.75) is 24.7 Å². The average Bonchev–Trinajstić information content (AvgIpc) is 2.73. The SMILES string of the molecule is COc1ccc([C@@H]2C(C#N)=C(N)OC3=C2C(=O)C[C@@H](c2ccc(Cl)cc2)C3)cc1. The minimum atomic E-state index is -0.534. The molecule has 0 radical (unpaired) electrons. The first-order chi connectivity index (χ1) is 14.0. The minimum Gasteiger partial charge on any atom is -0.497 e. The number of rotatable bonds is 3. The molecular weight excluding hydrogens is 388 g/mol. The number of hydrogen-bond acceptors (Lipinski definition) is 5. The monoisotopic (exact) mass is 406 g/mol. The molecule has 2 atom stereocenters. The van der Waals surface area contributed by atoms with Crippen molar-refractivity contribution in [1.82, 2.24) is 0 Å². The van der Waals surface area contributed by atoms with E-state index in [2.05, 4.69) is 6.07 Å². The highest BCUT2D eigenvalue weighted by atomic mass is 35.5. The number of nitrogens with zero attached hydrogens (tertiary/aromatic N) is 1. The van der Waals surface area contributed by atoms with Gasteiger partial charge in [0.05, 0.1) is 13.0 Å². The van der Waals surface area contributed by atoms with E-state index in [4.69, 9.17) is 26.8 Å². The summed E-state index contributed by atoms with van der Waals surface area (Å²) in [5, 5.41) is 10.3. The molecule has 0 saturated heterocycles. The number of Topliss-reactive ketones (excluding diaryl/α,β-unsaturated/α-hetero) is 1. The van der Waals surface area contributed by atoms with Gasteiger partial charge in [-0.3, -0.25) is 4.79 Å². The minimum absolute atomic E-state index is 0.0218. The molecule has 1 heterocycles. The van der Waals surface area contributed by atoms with Gasteiger partial charge in [-0.15, -0.1) is 0 Å². The zero-order chi connectivity index (χ0) is 20.5. The zero-order valence-corrected chi connectivity index (χ0v) is 16.6. The smallest absolute Gasteiger partial charge is 0.205 e. The Morgan fingerprint density at radius 3 is 2.38 bits per heavy atom. The van der Waals surface area contributed by atoms with Crippen LogP contribution in [0.1, 0.15) is 35.8 Å². The van der Waals surface area contributed by atoms with Crippen LogP contribution in [0.15, 0.2) is 71.3 Å². The molecule has 1 aliphatic heterocycles. The molecule has 5 nitrogen and oxygen atoms in total. The Hall–Kier alpha value is -3.23. The Labute approximate surface area is 174 Å². The molecule has 0 aromatic heterocycles. The number of nitrogens with two attached hydrogens (primary N) is 1. The van der Waals surface area contributed by atoms with Crippen LogP contribution in [0.5, 0.6) is 5.75 Å². The van der Waals surface area contributed by atoms with Gasteiger partial charge in [0.25, 0.3) is 0 Å². The van der Waals surface area contributed by atoms with Crippen molar-refractivity contribution in [3.8, 4) is 11.8 Å². The highest BCUT2D eigenvalue weighted by Gasteiger charge is 2.40. The Bertz CT molecular complexity index is 1060. The summed E-state index contributed by atoms with van der Waals surface area (Å²) in [7, 11) is 1.59. The van der Waals surface area contributed by atoms with Crippen LogP contribution in [-0.2, 0) is 9.53 Å². The molecule has 0 spiro atoms. The van der Waals surface area contributed by atoms with Gasteiger partial charge in [-0.05, 0) is 41.3 Å². The van der Waals surface area contributed by atoms with Crippen molar-refractivity contribution in [2.75, 3.05) is 7.11 Å². The first kappa shape index (κ1) is 19.1. The average molecular weight is 407 g/mol. The molecule has 0 unspecified atom stereocenters. The first-order valence-electron chi connectivity index (χ1n) is 9.25. The maximum absolute atomic E-state index is 13.2. The highest BCUT2D eigenvalue weighted by Crippen LogP contribution is 2.46. The van der Waals surface area contributed by atoms with E-state index in [1.807, 2.05) is 36.4 Å². The van der Waals surface area contributed by atoms with E-state index in [9.17, 15) is 10.1 Å². The second kappa shape index (κ2) is 7.65. The van der Waals surface area contributed by atoms with Crippen molar-refractivity contribution >= 4 is 17.4 Å². The fourth-order valence-electron chi connectivity index (χ4n) is 4.01. The van der Waals surface area contributed by atoms with E-state index < -0.39 is 5.92 Å². The molecule has 0 bridgehead atoms. The number of carbonyl (C=O) groups excluding carboxylic acids is 1. The number of hydrogen-bond donors (Lipinski definition) is 1. The van der Waals surface area contributed by atoms with Gasteiger partial charge in [0, 0.05) is 23.4 Å². The molecule has 0 saturated carbocycles. The Morgan fingerprint density at radius 2 is 1.76 bits per heavy atom. The number of halogens is 1. The summed E-state index contributed by atoms with van der Waals surface area (Å²) >= 11 is 5.99. The second-order valence-corrected chi connectivity index (χ2v) is 7.55. The lowest BCUT2D eigenvalue weighted by molar-refractivity contribution is -0.117. The quantitative estimate of drug-likeness (QED) is 0.807. The summed E-state index contributed by atoms with van der Waals surface area (Å²) < 4.78 is 11.0. The molecule has 0 fully saturated rings. The Morgan fingerprint density at radius 1 is 1.10 bits per heavy atom. The lowest BCUT2D eigenvalue weighted by Gasteiger charge is -2.34. The summed E-state index contributed by atoms with van der Waals surface area (Å²) in [6.07, 6.45) is 0.879. The van der Waals surface area contributed by atoms with Crippen molar-refractivity contribution in [3.05, 3.63) is 87.5 Å². The van der Waals surface area contributed by atoms with E-state index >= 15 is 0 Å². The number of nitriles is 1. The number of benzene rings is 2. The van der Waals surface area contributed by atoms with Crippen LogP contribution >= 0.6 is 11.6 Å². The van der Waals surface area contributed by atoms with Crippen molar-refractivity contribution in [2.24, 2.45) is 5.73 Å². The number of carbonyl (C=O) groups is 1. The highest BCUT2D eigenvalue weighted by molar-refractivity contribution is 6.30. The van der Waals surface area contributed by atoms with Gasteiger partial charge < -0.3 is 15.2 Å². The van der Waals surface area contributed by atoms with E-state index in [-0.39, 0.29) is 23.2 Å². The van der Waals surface area contributed by atoms with Gasteiger partial charge in [-0.1, -0.05) is 35.9 Å². The fraction of sp³-hybridized carbons (Fsp3) is 0.217. The molecule has 2 aromatic carbocycles. The normalized spacial score (nSPS) is 21.3. The molecule has 2 aromatic rings. The van der Waals surface area contributed by atoms with Crippen molar-refractivity contribution in [3.63, 3.8) is 0 Å². The fourth-order valence-corrected chi connectivity index (χ4v) is 4.13. The third kappa shape index (κ3) is 3.48. The number of ether oxygens (including phenoxy) is 2. The van der Waals surface area contributed by atoms with Gasteiger partial charge in [0.1, 0.15) is 23.2 Å². The third-order valence-electron chi connectivity index (χ3n) is 5.45. The van der Waals surface area contributed by atoms with Crippen LogP contribution in [0.4, 0.5) is 0 Å².